The highest BCUT2D eigenvalue weighted by atomic mass is 32.2. The quantitative estimate of drug-likeness (QED) is 0.288. The highest BCUT2D eigenvalue weighted by molar-refractivity contribution is 7.98. The fraction of sp³-hybridized carbons (Fsp3) is 0.250. The van der Waals surface area contributed by atoms with E-state index in [1.54, 1.807) is 28.0 Å². The second-order valence-electron chi connectivity index (χ2n) is 7.64. The number of fused-ring (bicyclic) bond motifs is 3. The lowest BCUT2D eigenvalue weighted by Crippen LogP contribution is -2.22. The maximum absolute atomic E-state index is 14.1. The van der Waals surface area contributed by atoms with Gasteiger partial charge in [0.2, 0.25) is 0 Å². The van der Waals surface area contributed by atoms with E-state index < -0.39 is 0 Å². The lowest BCUT2D eigenvalue weighted by Gasteiger charge is -2.14. The minimum atomic E-state index is -0.234. The molecule has 0 spiro atoms. The molecule has 4 aromatic rings. The van der Waals surface area contributed by atoms with E-state index in [0.717, 1.165) is 40.7 Å². The molecule has 0 aliphatic heterocycles. The van der Waals surface area contributed by atoms with Crippen molar-refractivity contribution >= 4 is 33.3 Å². The Labute approximate surface area is 182 Å². The standard InChI is InChI=1S/C24H21FN2OS2/c1-15-10-12-17(13-11-15)27-23(28)21-18-7-3-5-9-20(18)30-22(21)26-24(27)29-14-16-6-2-4-8-19(16)25/h2,4,6,8,10-13H,3,5,7,9,14H2,1H3. The Kier molecular flexibility index (Phi) is 5.21. The van der Waals surface area contributed by atoms with Crippen LogP contribution in [0.5, 0.6) is 0 Å². The average molecular weight is 437 g/mol. The summed E-state index contributed by atoms with van der Waals surface area (Å²) in [6, 6.07) is 14.7. The Morgan fingerprint density at radius 3 is 2.67 bits per heavy atom. The van der Waals surface area contributed by atoms with Gasteiger partial charge in [-0.15, -0.1) is 11.3 Å². The molecule has 2 aromatic heterocycles. The van der Waals surface area contributed by atoms with Crippen molar-refractivity contribution in [1.82, 2.24) is 9.55 Å². The molecule has 30 heavy (non-hydrogen) atoms. The molecule has 2 heterocycles. The fourth-order valence-corrected chi connectivity index (χ4v) is 6.26. The first-order valence-electron chi connectivity index (χ1n) is 10.1. The SMILES string of the molecule is Cc1ccc(-n2c(SCc3ccccc3F)nc3sc4c(c3c2=O)CCCC4)cc1. The van der Waals surface area contributed by atoms with Gasteiger partial charge in [0.1, 0.15) is 10.6 Å². The first-order valence-corrected chi connectivity index (χ1v) is 11.9. The van der Waals surface area contributed by atoms with Gasteiger partial charge in [-0.25, -0.2) is 9.37 Å². The van der Waals surface area contributed by atoms with Crippen molar-refractivity contribution in [2.24, 2.45) is 0 Å². The first-order chi connectivity index (χ1) is 14.6. The van der Waals surface area contributed by atoms with Gasteiger partial charge >= 0.3 is 0 Å². The molecule has 0 saturated heterocycles. The molecular formula is C24H21FN2OS2. The minimum absolute atomic E-state index is 0.0145. The minimum Gasteiger partial charge on any atom is -0.268 e. The molecule has 0 radical (unpaired) electrons. The van der Waals surface area contributed by atoms with E-state index in [2.05, 4.69) is 0 Å². The molecule has 2 aromatic carbocycles. The van der Waals surface area contributed by atoms with Crippen LogP contribution in [0.25, 0.3) is 15.9 Å². The van der Waals surface area contributed by atoms with Crippen molar-refractivity contribution in [3.8, 4) is 5.69 Å². The molecule has 1 aliphatic rings. The molecule has 0 unspecified atom stereocenters. The smallest absolute Gasteiger partial charge is 0.267 e. The lowest BCUT2D eigenvalue weighted by atomic mass is 9.97. The van der Waals surface area contributed by atoms with Crippen LogP contribution in [-0.2, 0) is 18.6 Å². The van der Waals surface area contributed by atoms with Crippen LogP contribution in [0.4, 0.5) is 4.39 Å². The van der Waals surface area contributed by atoms with Crippen LogP contribution >= 0.6 is 23.1 Å². The molecule has 152 valence electrons. The zero-order valence-corrected chi connectivity index (χ0v) is 18.3. The van der Waals surface area contributed by atoms with Crippen molar-refractivity contribution < 1.29 is 4.39 Å². The second-order valence-corrected chi connectivity index (χ2v) is 9.67. The Hall–Kier alpha value is -2.44. The summed E-state index contributed by atoms with van der Waals surface area (Å²) < 4.78 is 15.9. The topological polar surface area (TPSA) is 34.9 Å². The van der Waals surface area contributed by atoms with Crippen molar-refractivity contribution in [2.75, 3.05) is 0 Å². The van der Waals surface area contributed by atoms with E-state index >= 15 is 0 Å². The predicted octanol–water partition coefficient (Wildman–Crippen LogP) is 6.07. The molecule has 5 rings (SSSR count). The molecule has 0 N–H and O–H groups in total. The van der Waals surface area contributed by atoms with Crippen LogP contribution < -0.4 is 5.56 Å². The molecule has 0 atom stereocenters. The van der Waals surface area contributed by atoms with Crippen molar-refractivity contribution in [3.05, 3.63) is 86.3 Å². The molecule has 0 amide bonds. The number of aromatic nitrogens is 2. The molecule has 0 saturated carbocycles. The number of thioether (sulfide) groups is 1. The Balaban J connectivity index is 1.67. The van der Waals surface area contributed by atoms with E-state index in [1.165, 1.54) is 34.7 Å². The number of aryl methyl sites for hydroxylation is 3. The summed E-state index contributed by atoms with van der Waals surface area (Å²) in [6.45, 7) is 2.02. The third kappa shape index (κ3) is 3.48. The summed E-state index contributed by atoms with van der Waals surface area (Å²) in [5.74, 6) is 0.184. The number of halogens is 1. The van der Waals surface area contributed by atoms with Gasteiger partial charge in [-0.05, 0) is 61.9 Å². The van der Waals surface area contributed by atoms with Crippen LogP contribution in [0.1, 0.15) is 34.4 Å². The largest absolute Gasteiger partial charge is 0.268 e. The number of hydrogen-bond acceptors (Lipinski definition) is 4. The molecular weight excluding hydrogens is 415 g/mol. The average Bonchev–Trinajstić information content (AvgIpc) is 3.13. The molecule has 0 bridgehead atoms. The van der Waals surface area contributed by atoms with Gasteiger partial charge in [0.15, 0.2) is 5.16 Å². The van der Waals surface area contributed by atoms with Crippen LogP contribution in [0, 0.1) is 12.7 Å². The Morgan fingerprint density at radius 2 is 1.87 bits per heavy atom. The summed E-state index contributed by atoms with van der Waals surface area (Å²) in [6.07, 6.45) is 4.26. The van der Waals surface area contributed by atoms with Gasteiger partial charge < -0.3 is 0 Å². The van der Waals surface area contributed by atoms with Crippen LogP contribution in [-0.4, -0.2) is 9.55 Å². The van der Waals surface area contributed by atoms with Gasteiger partial charge in [0.05, 0.1) is 11.1 Å². The van der Waals surface area contributed by atoms with Crippen molar-refractivity contribution in [2.45, 2.75) is 43.5 Å². The van der Waals surface area contributed by atoms with Crippen LogP contribution in [0.2, 0.25) is 0 Å². The van der Waals surface area contributed by atoms with Crippen molar-refractivity contribution in [3.63, 3.8) is 0 Å². The number of nitrogens with zero attached hydrogens (tertiary/aromatic N) is 2. The van der Waals surface area contributed by atoms with E-state index in [9.17, 15) is 9.18 Å². The number of hydrogen-bond donors (Lipinski definition) is 0. The van der Waals surface area contributed by atoms with Gasteiger partial charge in [-0.3, -0.25) is 9.36 Å². The summed E-state index contributed by atoms with van der Waals surface area (Å²) in [5.41, 5.74) is 3.71. The summed E-state index contributed by atoms with van der Waals surface area (Å²) in [4.78, 5) is 20.7. The maximum atomic E-state index is 14.1. The van der Waals surface area contributed by atoms with Crippen LogP contribution in [0.3, 0.4) is 0 Å². The summed E-state index contributed by atoms with van der Waals surface area (Å²) >= 11 is 3.05. The monoisotopic (exact) mass is 436 g/mol. The third-order valence-corrected chi connectivity index (χ3v) is 7.74. The number of benzene rings is 2. The summed E-state index contributed by atoms with van der Waals surface area (Å²) in [5, 5.41) is 1.38. The van der Waals surface area contributed by atoms with Gasteiger partial charge in [-0.2, -0.15) is 0 Å². The van der Waals surface area contributed by atoms with E-state index in [-0.39, 0.29) is 11.4 Å². The zero-order valence-electron chi connectivity index (χ0n) is 16.7. The van der Waals surface area contributed by atoms with E-state index in [1.807, 2.05) is 37.3 Å². The fourth-order valence-electron chi connectivity index (χ4n) is 3.96. The first kappa shape index (κ1) is 19.5. The lowest BCUT2D eigenvalue weighted by molar-refractivity contribution is 0.617. The maximum Gasteiger partial charge on any atom is 0.267 e. The van der Waals surface area contributed by atoms with Gasteiger partial charge in [-0.1, -0.05) is 47.7 Å². The van der Waals surface area contributed by atoms with Gasteiger partial charge in [0, 0.05) is 10.6 Å². The molecule has 0 fully saturated rings. The van der Waals surface area contributed by atoms with Crippen LogP contribution in [0.15, 0.2) is 58.5 Å². The van der Waals surface area contributed by atoms with E-state index in [4.69, 9.17) is 4.98 Å². The third-order valence-electron chi connectivity index (χ3n) is 5.56. The second kappa shape index (κ2) is 8.00. The number of rotatable bonds is 4. The predicted molar refractivity (Wildman–Crippen MR) is 123 cm³/mol. The summed E-state index contributed by atoms with van der Waals surface area (Å²) in [7, 11) is 0. The highest BCUT2D eigenvalue weighted by Gasteiger charge is 2.23. The zero-order chi connectivity index (χ0) is 20.7. The van der Waals surface area contributed by atoms with Gasteiger partial charge in [0.25, 0.3) is 5.56 Å². The van der Waals surface area contributed by atoms with Crippen molar-refractivity contribution in [1.29, 1.82) is 0 Å². The van der Waals surface area contributed by atoms with E-state index in [0.29, 0.717) is 16.5 Å². The molecule has 6 heteroatoms. The number of thiophene rings is 1. The Morgan fingerprint density at radius 1 is 1.10 bits per heavy atom. The highest BCUT2D eigenvalue weighted by Crippen LogP contribution is 2.35. The molecule has 1 aliphatic carbocycles. The normalized spacial score (nSPS) is 13.5. The molecule has 3 nitrogen and oxygen atoms in total. The Bertz CT molecular complexity index is 1290.